The highest BCUT2D eigenvalue weighted by Gasteiger charge is 2.17. The number of β-amino-alcohol motifs (C(OH)–C–C–N with tert-alkyl or cyclic N) is 1. The van der Waals surface area contributed by atoms with E-state index in [1.54, 1.807) is 7.11 Å². The standard InChI is InChI=1S/C22H35N3O4/c1-28-21-7-6-19(15-24-10-5-11-25(18-26)13-12-24)14-22(21)29-17-20(27)16-23-8-3-2-4-9-23/h6-7,14,18,20,27H,2-5,8-13,15-17H2,1H3/t20-/m1/s1. The number of aliphatic hydroxyl groups is 1. The molecular formula is C22H35N3O4. The molecule has 0 unspecified atom stereocenters. The first-order valence-electron chi connectivity index (χ1n) is 10.8. The number of rotatable bonds is 9. The first-order valence-corrected chi connectivity index (χ1v) is 10.8. The first kappa shape index (κ1) is 21.9. The van der Waals surface area contributed by atoms with Gasteiger partial charge in [0.1, 0.15) is 12.7 Å². The number of amides is 1. The molecule has 1 amide bonds. The van der Waals surface area contributed by atoms with Gasteiger partial charge in [0.2, 0.25) is 6.41 Å². The molecule has 0 saturated carbocycles. The molecule has 1 aromatic carbocycles. The summed E-state index contributed by atoms with van der Waals surface area (Å²) in [5.41, 5.74) is 1.14. The van der Waals surface area contributed by atoms with Crippen LogP contribution in [0.2, 0.25) is 0 Å². The zero-order chi connectivity index (χ0) is 20.5. The van der Waals surface area contributed by atoms with Gasteiger partial charge in [-0.05, 0) is 50.0 Å². The van der Waals surface area contributed by atoms with Crippen LogP contribution in [-0.2, 0) is 11.3 Å². The lowest BCUT2D eigenvalue weighted by Gasteiger charge is -2.28. The molecule has 2 fully saturated rings. The van der Waals surface area contributed by atoms with Gasteiger partial charge in [0, 0.05) is 39.3 Å². The Morgan fingerprint density at radius 2 is 1.79 bits per heavy atom. The van der Waals surface area contributed by atoms with E-state index in [1.807, 2.05) is 17.0 Å². The van der Waals surface area contributed by atoms with E-state index in [9.17, 15) is 9.90 Å². The van der Waals surface area contributed by atoms with Gasteiger partial charge in [-0.25, -0.2) is 0 Å². The first-order chi connectivity index (χ1) is 14.2. The fourth-order valence-corrected chi connectivity index (χ4v) is 4.12. The largest absolute Gasteiger partial charge is 0.493 e. The van der Waals surface area contributed by atoms with E-state index in [1.165, 1.54) is 19.3 Å². The highest BCUT2D eigenvalue weighted by molar-refractivity contribution is 5.47. The molecule has 7 heteroatoms. The molecule has 2 aliphatic rings. The van der Waals surface area contributed by atoms with Crippen molar-refractivity contribution >= 4 is 6.41 Å². The van der Waals surface area contributed by atoms with E-state index in [2.05, 4.69) is 15.9 Å². The third-order valence-electron chi connectivity index (χ3n) is 5.76. The van der Waals surface area contributed by atoms with Gasteiger partial charge in [-0.1, -0.05) is 12.5 Å². The predicted octanol–water partition coefficient (Wildman–Crippen LogP) is 1.58. The Bertz CT molecular complexity index is 636. The van der Waals surface area contributed by atoms with Crippen molar-refractivity contribution < 1.29 is 19.4 Å². The van der Waals surface area contributed by atoms with Crippen LogP contribution in [0.1, 0.15) is 31.2 Å². The maximum absolute atomic E-state index is 11.0. The Kier molecular flexibility index (Phi) is 8.58. The van der Waals surface area contributed by atoms with Gasteiger partial charge < -0.3 is 24.4 Å². The van der Waals surface area contributed by atoms with Gasteiger partial charge in [-0.15, -0.1) is 0 Å². The van der Waals surface area contributed by atoms with Crippen LogP contribution in [0, 0.1) is 0 Å². The van der Waals surface area contributed by atoms with Gasteiger partial charge >= 0.3 is 0 Å². The molecule has 0 bridgehead atoms. The van der Waals surface area contributed by atoms with Crippen molar-refractivity contribution in [2.75, 3.05) is 59.5 Å². The summed E-state index contributed by atoms with van der Waals surface area (Å²) in [6.45, 7) is 7.29. The highest BCUT2D eigenvalue weighted by Crippen LogP contribution is 2.29. The van der Waals surface area contributed by atoms with E-state index in [0.717, 1.165) is 64.2 Å². The average Bonchev–Trinajstić information content (AvgIpc) is 2.98. The molecule has 3 rings (SSSR count). The van der Waals surface area contributed by atoms with Crippen LogP contribution < -0.4 is 9.47 Å². The monoisotopic (exact) mass is 405 g/mol. The van der Waals surface area contributed by atoms with E-state index in [0.29, 0.717) is 18.0 Å². The number of hydrogen-bond donors (Lipinski definition) is 1. The second-order valence-corrected chi connectivity index (χ2v) is 8.08. The van der Waals surface area contributed by atoms with Crippen molar-refractivity contribution in [1.29, 1.82) is 0 Å². The minimum atomic E-state index is -0.513. The number of piperidine rings is 1. The van der Waals surface area contributed by atoms with Crippen LogP contribution >= 0.6 is 0 Å². The van der Waals surface area contributed by atoms with Gasteiger partial charge in [-0.3, -0.25) is 9.69 Å². The Morgan fingerprint density at radius 1 is 1.00 bits per heavy atom. The van der Waals surface area contributed by atoms with Crippen molar-refractivity contribution in [3.05, 3.63) is 23.8 Å². The van der Waals surface area contributed by atoms with Crippen LogP contribution in [0.5, 0.6) is 11.5 Å². The van der Waals surface area contributed by atoms with Crippen LogP contribution in [0.25, 0.3) is 0 Å². The summed E-state index contributed by atoms with van der Waals surface area (Å²) >= 11 is 0. The van der Waals surface area contributed by atoms with Gasteiger partial charge in [0.15, 0.2) is 11.5 Å². The van der Waals surface area contributed by atoms with Crippen molar-refractivity contribution in [2.45, 2.75) is 38.3 Å². The Morgan fingerprint density at radius 3 is 2.55 bits per heavy atom. The summed E-state index contributed by atoms with van der Waals surface area (Å²) in [6, 6.07) is 5.99. The van der Waals surface area contributed by atoms with Crippen LogP contribution in [0.4, 0.5) is 0 Å². The number of nitrogens with zero attached hydrogens (tertiary/aromatic N) is 3. The molecule has 0 spiro atoms. The van der Waals surface area contributed by atoms with Crippen molar-refractivity contribution in [3.8, 4) is 11.5 Å². The number of likely N-dealkylation sites (tertiary alicyclic amines) is 1. The summed E-state index contributed by atoms with van der Waals surface area (Å²) in [5.74, 6) is 1.36. The third-order valence-corrected chi connectivity index (χ3v) is 5.76. The molecule has 0 aliphatic carbocycles. The lowest BCUT2D eigenvalue weighted by Crippen LogP contribution is -2.38. The maximum Gasteiger partial charge on any atom is 0.209 e. The molecule has 1 aromatic rings. The van der Waals surface area contributed by atoms with Gasteiger partial charge in [0.25, 0.3) is 0 Å². The SMILES string of the molecule is COc1ccc(CN2CCCN(C=O)CC2)cc1OC[C@H](O)CN1CCCCC1. The number of ether oxygens (including phenoxy) is 2. The summed E-state index contributed by atoms with van der Waals surface area (Å²) in [5, 5.41) is 10.4. The van der Waals surface area contributed by atoms with Crippen molar-refractivity contribution in [2.24, 2.45) is 0 Å². The van der Waals surface area contributed by atoms with Crippen molar-refractivity contribution in [3.63, 3.8) is 0 Å². The molecule has 1 N–H and O–H groups in total. The summed E-state index contributed by atoms with van der Waals surface area (Å²) in [4.78, 5) is 17.5. The summed E-state index contributed by atoms with van der Waals surface area (Å²) in [6.07, 6.45) is 5.13. The van der Waals surface area contributed by atoms with Gasteiger partial charge in [-0.2, -0.15) is 0 Å². The zero-order valence-corrected chi connectivity index (χ0v) is 17.6. The molecule has 0 aromatic heterocycles. The third kappa shape index (κ3) is 6.87. The predicted molar refractivity (Wildman–Crippen MR) is 112 cm³/mol. The molecule has 2 aliphatic heterocycles. The fraction of sp³-hybridized carbons (Fsp3) is 0.682. The molecule has 162 valence electrons. The minimum Gasteiger partial charge on any atom is -0.493 e. The molecule has 7 nitrogen and oxygen atoms in total. The number of carbonyl (C=O) groups excluding carboxylic acids is 1. The topological polar surface area (TPSA) is 65.5 Å². The lowest BCUT2D eigenvalue weighted by molar-refractivity contribution is -0.118. The quantitative estimate of drug-likeness (QED) is 0.630. The Balaban J connectivity index is 1.54. The number of carbonyl (C=O) groups is 1. The average molecular weight is 406 g/mol. The number of benzene rings is 1. The molecular weight excluding hydrogens is 370 g/mol. The second-order valence-electron chi connectivity index (χ2n) is 8.08. The Labute approximate surface area is 174 Å². The minimum absolute atomic E-state index is 0.258. The molecule has 29 heavy (non-hydrogen) atoms. The molecule has 0 radical (unpaired) electrons. The Hall–Kier alpha value is -1.83. The number of methoxy groups -OCH3 is 1. The molecule has 1 atom stereocenters. The van der Waals surface area contributed by atoms with E-state index in [-0.39, 0.29) is 6.61 Å². The molecule has 2 saturated heterocycles. The second kappa shape index (κ2) is 11.4. The van der Waals surface area contributed by atoms with E-state index in [4.69, 9.17) is 9.47 Å². The zero-order valence-electron chi connectivity index (χ0n) is 17.6. The highest BCUT2D eigenvalue weighted by atomic mass is 16.5. The normalized spacial score (nSPS) is 20.1. The summed E-state index contributed by atoms with van der Waals surface area (Å²) < 4.78 is 11.4. The number of hydrogen-bond acceptors (Lipinski definition) is 6. The maximum atomic E-state index is 11.0. The van der Waals surface area contributed by atoms with Crippen LogP contribution in [0.3, 0.4) is 0 Å². The van der Waals surface area contributed by atoms with Gasteiger partial charge in [0.05, 0.1) is 7.11 Å². The number of aliphatic hydroxyl groups excluding tert-OH is 1. The lowest BCUT2D eigenvalue weighted by atomic mass is 10.1. The smallest absolute Gasteiger partial charge is 0.209 e. The van der Waals surface area contributed by atoms with Crippen LogP contribution in [-0.4, -0.2) is 91.9 Å². The van der Waals surface area contributed by atoms with E-state index >= 15 is 0 Å². The summed E-state index contributed by atoms with van der Waals surface area (Å²) in [7, 11) is 1.63. The molecule has 2 heterocycles. The van der Waals surface area contributed by atoms with Crippen molar-refractivity contribution in [1.82, 2.24) is 14.7 Å². The van der Waals surface area contributed by atoms with E-state index < -0.39 is 6.10 Å². The van der Waals surface area contributed by atoms with Crippen LogP contribution in [0.15, 0.2) is 18.2 Å². The fourth-order valence-electron chi connectivity index (χ4n) is 4.12.